The quantitative estimate of drug-likeness (QED) is 0.790. The Kier molecular flexibility index (Phi) is 4.34. The van der Waals surface area contributed by atoms with E-state index in [0.717, 1.165) is 24.5 Å². The second-order valence-corrected chi connectivity index (χ2v) is 6.49. The molecule has 0 aromatic carbocycles. The van der Waals surface area contributed by atoms with E-state index in [1.807, 2.05) is 6.92 Å². The summed E-state index contributed by atoms with van der Waals surface area (Å²) >= 11 is 0. The van der Waals surface area contributed by atoms with Crippen LogP contribution in [0.1, 0.15) is 63.4 Å². The van der Waals surface area contributed by atoms with Crippen molar-refractivity contribution < 1.29 is 17.9 Å². The lowest BCUT2D eigenvalue weighted by atomic mass is 9.73. The molecule has 2 nitrogen and oxygen atoms in total. The zero-order chi connectivity index (χ0) is 15.8. The normalized spacial score (nSPS) is 23.0. The Bertz CT molecular complexity index is 511. The van der Waals surface area contributed by atoms with E-state index in [0.29, 0.717) is 5.69 Å². The van der Waals surface area contributed by atoms with Gasteiger partial charge in [0.1, 0.15) is 5.69 Å². The van der Waals surface area contributed by atoms with E-state index < -0.39 is 11.9 Å². The monoisotopic (exact) mass is 301 g/mol. The summed E-state index contributed by atoms with van der Waals surface area (Å²) in [5.74, 6) is 0.0464. The summed E-state index contributed by atoms with van der Waals surface area (Å²) in [4.78, 5) is 3.75. The summed E-state index contributed by atoms with van der Waals surface area (Å²) in [6.45, 7) is 8.59. The summed E-state index contributed by atoms with van der Waals surface area (Å²) in [5.41, 5.74) is 0.446. The van der Waals surface area contributed by atoms with Crippen molar-refractivity contribution in [2.45, 2.75) is 65.3 Å². The topological polar surface area (TPSA) is 22.1 Å². The molecular weight excluding hydrogens is 279 g/mol. The summed E-state index contributed by atoms with van der Waals surface area (Å²) in [7, 11) is 0. The maximum absolute atomic E-state index is 12.7. The maximum Gasteiger partial charge on any atom is 0.433 e. The lowest BCUT2D eigenvalue weighted by molar-refractivity contribution is -0.141. The third-order valence-corrected chi connectivity index (χ3v) is 4.31. The van der Waals surface area contributed by atoms with E-state index in [4.69, 9.17) is 4.74 Å². The molecule has 118 valence electrons. The van der Waals surface area contributed by atoms with Crippen LogP contribution in [0.2, 0.25) is 0 Å². The number of hydrogen-bond acceptors (Lipinski definition) is 2. The SMILES string of the molecule is CCCC(C)(C)[C@@H]1OCc2nc(C(F)(F)F)ccc2[C@@H]1C. The van der Waals surface area contributed by atoms with Gasteiger partial charge >= 0.3 is 6.18 Å². The number of pyridine rings is 1. The number of rotatable bonds is 3. The summed E-state index contributed by atoms with van der Waals surface area (Å²) in [6, 6.07) is 2.64. The third-order valence-electron chi connectivity index (χ3n) is 4.31. The molecule has 5 heteroatoms. The minimum absolute atomic E-state index is 0.00323. The van der Waals surface area contributed by atoms with Crippen molar-refractivity contribution in [2.75, 3.05) is 0 Å². The standard InChI is InChI=1S/C16H22F3NO/c1-5-8-15(3,4)14-10(2)11-6-7-13(16(17,18)19)20-12(11)9-21-14/h6-7,10,14H,5,8-9H2,1-4H3/t10-,14+/m0/s1. The first-order valence-electron chi connectivity index (χ1n) is 7.35. The van der Waals surface area contributed by atoms with Crippen LogP contribution in [0.3, 0.4) is 0 Å². The highest BCUT2D eigenvalue weighted by Crippen LogP contribution is 2.42. The Morgan fingerprint density at radius 2 is 1.95 bits per heavy atom. The van der Waals surface area contributed by atoms with E-state index >= 15 is 0 Å². The molecule has 21 heavy (non-hydrogen) atoms. The maximum atomic E-state index is 12.7. The van der Waals surface area contributed by atoms with Crippen molar-refractivity contribution >= 4 is 0 Å². The smallest absolute Gasteiger partial charge is 0.371 e. The zero-order valence-corrected chi connectivity index (χ0v) is 12.9. The zero-order valence-electron chi connectivity index (χ0n) is 12.9. The van der Waals surface area contributed by atoms with E-state index in [9.17, 15) is 13.2 Å². The Morgan fingerprint density at radius 1 is 1.29 bits per heavy atom. The molecule has 0 fully saturated rings. The number of ether oxygens (including phenoxy) is 1. The van der Waals surface area contributed by atoms with Crippen LogP contribution in [0.5, 0.6) is 0 Å². The Labute approximate surface area is 123 Å². The van der Waals surface area contributed by atoms with Gasteiger partial charge in [0.15, 0.2) is 0 Å². The summed E-state index contributed by atoms with van der Waals surface area (Å²) in [6.07, 6.45) is -2.33. The largest absolute Gasteiger partial charge is 0.433 e. The van der Waals surface area contributed by atoms with E-state index in [-0.39, 0.29) is 24.0 Å². The van der Waals surface area contributed by atoms with Gasteiger partial charge in [0.25, 0.3) is 0 Å². The van der Waals surface area contributed by atoms with Gasteiger partial charge in [-0.3, -0.25) is 0 Å². The minimum Gasteiger partial charge on any atom is -0.371 e. The van der Waals surface area contributed by atoms with Crippen LogP contribution < -0.4 is 0 Å². The van der Waals surface area contributed by atoms with Gasteiger partial charge in [-0.1, -0.05) is 40.2 Å². The Morgan fingerprint density at radius 3 is 2.52 bits per heavy atom. The molecule has 1 aromatic heterocycles. The minimum atomic E-state index is -4.41. The van der Waals surface area contributed by atoms with Crippen molar-refractivity contribution in [2.24, 2.45) is 5.41 Å². The molecule has 0 aliphatic carbocycles. The van der Waals surface area contributed by atoms with Gasteiger partial charge in [-0.05, 0) is 23.5 Å². The number of halogens is 3. The number of alkyl halides is 3. The van der Waals surface area contributed by atoms with Crippen LogP contribution in [0, 0.1) is 5.41 Å². The molecule has 1 aliphatic heterocycles. The van der Waals surface area contributed by atoms with Crippen LogP contribution in [0.15, 0.2) is 12.1 Å². The molecule has 0 radical (unpaired) electrons. The molecular formula is C16H22F3NO. The number of hydrogen-bond donors (Lipinski definition) is 0. The number of aromatic nitrogens is 1. The molecule has 0 saturated carbocycles. The molecule has 0 bridgehead atoms. The van der Waals surface area contributed by atoms with Crippen molar-refractivity contribution in [1.82, 2.24) is 4.98 Å². The van der Waals surface area contributed by atoms with Gasteiger partial charge in [0.05, 0.1) is 18.4 Å². The number of fused-ring (bicyclic) bond motifs is 1. The third kappa shape index (κ3) is 3.23. The molecule has 2 heterocycles. The second kappa shape index (κ2) is 5.59. The Balaban J connectivity index is 2.31. The van der Waals surface area contributed by atoms with Crippen LogP contribution >= 0.6 is 0 Å². The molecule has 2 rings (SSSR count). The van der Waals surface area contributed by atoms with E-state index in [2.05, 4.69) is 25.8 Å². The van der Waals surface area contributed by atoms with Crippen molar-refractivity contribution in [3.05, 3.63) is 29.1 Å². The average Bonchev–Trinajstić information content (AvgIpc) is 2.37. The van der Waals surface area contributed by atoms with Gasteiger partial charge < -0.3 is 4.74 Å². The van der Waals surface area contributed by atoms with Gasteiger partial charge in [0, 0.05) is 5.92 Å². The van der Waals surface area contributed by atoms with E-state index in [1.54, 1.807) is 6.07 Å². The summed E-state index contributed by atoms with van der Waals surface area (Å²) < 4.78 is 44.0. The fourth-order valence-corrected chi connectivity index (χ4v) is 3.37. The molecule has 0 unspecified atom stereocenters. The predicted molar refractivity (Wildman–Crippen MR) is 74.9 cm³/mol. The highest BCUT2D eigenvalue weighted by molar-refractivity contribution is 5.30. The fraction of sp³-hybridized carbons (Fsp3) is 0.688. The molecule has 0 amide bonds. The van der Waals surface area contributed by atoms with Crippen LogP contribution in [-0.4, -0.2) is 11.1 Å². The van der Waals surface area contributed by atoms with E-state index in [1.165, 1.54) is 0 Å². The lowest BCUT2D eigenvalue weighted by Gasteiger charge is -2.41. The molecule has 1 aromatic rings. The predicted octanol–water partition coefficient (Wildman–Crippen LogP) is 4.93. The fourth-order valence-electron chi connectivity index (χ4n) is 3.37. The number of nitrogens with zero attached hydrogens (tertiary/aromatic N) is 1. The molecule has 0 spiro atoms. The van der Waals surface area contributed by atoms with Crippen molar-refractivity contribution in [3.8, 4) is 0 Å². The average molecular weight is 301 g/mol. The lowest BCUT2D eigenvalue weighted by Crippen LogP contribution is -2.39. The molecule has 2 atom stereocenters. The van der Waals surface area contributed by atoms with Crippen LogP contribution in [-0.2, 0) is 17.5 Å². The van der Waals surface area contributed by atoms with Crippen LogP contribution in [0.25, 0.3) is 0 Å². The second-order valence-electron chi connectivity index (χ2n) is 6.49. The molecule has 0 saturated heterocycles. The molecule has 0 N–H and O–H groups in total. The van der Waals surface area contributed by atoms with Gasteiger partial charge in [0.2, 0.25) is 0 Å². The van der Waals surface area contributed by atoms with Gasteiger partial charge in [-0.2, -0.15) is 13.2 Å². The summed E-state index contributed by atoms with van der Waals surface area (Å²) in [5, 5.41) is 0. The highest BCUT2D eigenvalue weighted by Gasteiger charge is 2.40. The first-order valence-corrected chi connectivity index (χ1v) is 7.35. The van der Waals surface area contributed by atoms with Crippen LogP contribution in [0.4, 0.5) is 13.2 Å². The first kappa shape index (κ1) is 16.3. The van der Waals surface area contributed by atoms with Gasteiger partial charge in [-0.15, -0.1) is 0 Å². The van der Waals surface area contributed by atoms with Gasteiger partial charge in [-0.25, -0.2) is 4.98 Å². The highest BCUT2D eigenvalue weighted by atomic mass is 19.4. The van der Waals surface area contributed by atoms with Crippen molar-refractivity contribution in [1.29, 1.82) is 0 Å². The molecule has 1 aliphatic rings. The van der Waals surface area contributed by atoms with Crippen molar-refractivity contribution in [3.63, 3.8) is 0 Å². The Hall–Kier alpha value is -1.10. The first-order chi connectivity index (χ1) is 9.66.